The van der Waals surface area contributed by atoms with Crippen LogP contribution in [0.1, 0.15) is 10.5 Å². The van der Waals surface area contributed by atoms with Crippen LogP contribution < -0.4 is 5.76 Å². The van der Waals surface area contributed by atoms with Crippen LogP contribution in [0.3, 0.4) is 0 Å². The van der Waals surface area contributed by atoms with Gasteiger partial charge in [-0.25, -0.2) is 14.6 Å². The summed E-state index contributed by atoms with van der Waals surface area (Å²) in [6.45, 7) is 0. The highest BCUT2D eigenvalue weighted by molar-refractivity contribution is 6.35. The van der Waals surface area contributed by atoms with Crippen molar-refractivity contribution in [3.8, 4) is 0 Å². The molecule has 0 saturated heterocycles. The maximum atomic E-state index is 10.8. The first kappa shape index (κ1) is 8.76. The van der Waals surface area contributed by atoms with Crippen LogP contribution in [-0.2, 0) is 0 Å². The number of aromatic amines is 1. The number of H-pyrrole nitrogens is 1. The number of pyridine rings is 1. The van der Waals surface area contributed by atoms with Gasteiger partial charge in [-0.05, 0) is 0 Å². The van der Waals surface area contributed by atoms with E-state index in [0.717, 1.165) is 6.20 Å². The second-order valence-corrected chi connectivity index (χ2v) is 2.89. The minimum absolute atomic E-state index is 0.135. The molecule has 0 aliphatic carbocycles. The molecule has 2 N–H and O–H groups in total. The topological polar surface area (TPSA) is 96.2 Å². The SMILES string of the molecule is O=C(O)c1ncc(Cl)c2[nH]c(=O)oc12. The Bertz CT molecular complexity index is 571. The Hall–Kier alpha value is -1.82. The van der Waals surface area contributed by atoms with Crippen molar-refractivity contribution >= 4 is 28.7 Å². The van der Waals surface area contributed by atoms with E-state index in [-0.39, 0.29) is 21.8 Å². The number of rotatable bonds is 1. The van der Waals surface area contributed by atoms with Crippen molar-refractivity contribution in [1.82, 2.24) is 9.97 Å². The molecular weight excluding hydrogens is 212 g/mol. The summed E-state index contributed by atoms with van der Waals surface area (Å²) >= 11 is 5.66. The van der Waals surface area contributed by atoms with Crippen molar-refractivity contribution in [2.24, 2.45) is 0 Å². The van der Waals surface area contributed by atoms with Crippen LogP contribution in [0.4, 0.5) is 0 Å². The molecule has 6 nitrogen and oxygen atoms in total. The number of oxazole rings is 1. The summed E-state index contributed by atoms with van der Waals surface area (Å²) < 4.78 is 4.60. The molecule has 0 unspecified atom stereocenters. The zero-order valence-corrected chi connectivity index (χ0v) is 7.33. The average molecular weight is 215 g/mol. The van der Waals surface area contributed by atoms with Crippen LogP contribution in [0.25, 0.3) is 11.1 Å². The highest BCUT2D eigenvalue weighted by Gasteiger charge is 2.16. The van der Waals surface area contributed by atoms with Crippen molar-refractivity contribution in [1.29, 1.82) is 0 Å². The highest BCUT2D eigenvalue weighted by atomic mass is 35.5. The summed E-state index contributed by atoms with van der Waals surface area (Å²) in [5.74, 6) is -2.05. The van der Waals surface area contributed by atoms with E-state index in [4.69, 9.17) is 16.7 Å². The van der Waals surface area contributed by atoms with E-state index < -0.39 is 11.7 Å². The van der Waals surface area contributed by atoms with Gasteiger partial charge in [-0.3, -0.25) is 4.98 Å². The maximum Gasteiger partial charge on any atom is 0.417 e. The summed E-state index contributed by atoms with van der Waals surface area (Å²) in [6, 6.07) is 0. The largest absolute Gasteiger partial charge is 0.476 e. The van der Waals surface area contributed by atoms with Gasteiger partial charge >= 0.3 is 11.7 Å². The number of fused-ring (bicyclic) bond motifs is 1. The zero-order chi connectivity index (χ0) is 10.3. The lowest BCUT2D eigenvalue weighted by Gasteiger charge is -1.94. The standard InChI is InChI=1S/C7H3ClN2O4/c8-2-1-9-4(6(11)12)5-3(2)10-7(13)14-5/h1H,(H,10,13)(H,11,12). The summed E-state index contributed by atoms with van der Waals surface area (Å²) in [5.41, 5.74) is -0.346. The Labute approximate surface area is 81.1 Å². The van der Waals surface area contributed by atoms with Crippen LogP contribution in [0.2, 0.25) is 5.02 Å². The molecular formula is C7H3ClN2O4. The van der Waals surface area contributed by atoms with E-state index in [1.807, 2.05) is 0 Å². The van der Waals surface area contributed by atoms with Crippen LogP contribution in [0.15, 0.2) is 15.4 Å². The zero-order valence-electron chi connectivity index (χ0n) is 6.57. The van der Waals surface area contributed by atoms with Gasteiger partial charge in [-0.15, -0.1) is 0 Å². The second-order valence-electron chi connectivity index (χ2n) is 2.48. The molecule has 0 fully saturated rings. The molecule has 2 aromatic heterocycles. The molecule has 0 amide bonds. The lowest BCUT2D eigenvalue weighted by Crippen LogP contribution is -2.00. The molecule has 0 atom stereocenters. The number of carboxylic acid groups (broad SMARTS) is 1. The molecule has 2 heterocycles. The number of carboxylic acids is 1. The second kappa shape index (κ2) is 2.85. The fourth-order valence-electron chi connectivity index (χ4n) is 1.06. The van der Waals surface area contributed by atoms with Crippen molar-refractivity contribution in [2.45, 2.75) is 0 Å². The number of carbonyl (C=O) groups is 1. The molecule has 0 aliphatic heterocycles. The van der Waals surface area contributed by atoms with E-state index in [1.54, 1.807) is 0 Å². The third-order valence-electron chi connectivity index (χ3n) is 1.61. The predicted octanol–water partition coefficient (Wildman–Crippen LogP) is 0.868. The van der Waals surface area contributed by atoms with Gasteiger partial charge in [0.05, 0.1) is 5.02 Å². The van der Waals surface area contributed by atoms with Crippen molar-refractivity contribution < 1.29 is 14.3 Å². The fraction of sp³-hybridized carbons (Fsp3) is 0. The van der Waals surface area contributed by atoms with Gasteiger partial charge in [0.15, 0.2) is 11.3 Å². The molecule has 0 saturated carbocycles. The minimum atomic E-state index is -1.28. The molecule has 0 radical (unpaired) electrons. The Balaban J connectivity index is 2.94. The van der Waals surface area contributed by atoms with Gasteiger partial charge in [-0.2, -0.15) is 0 Å². The first-order valence-corrected chi connectivity index (χ1v) is 3.88. The average Bonchev–Trinajstić information content (AvgIpc) is 2.47. The molecule has 0 aromatic carbocycles. The van der Waals surface area contributed by atoms with Gasteiger partial charge in [0.1, 0.15) is 5.52 Å². The Morgan fingerprint density at radius 2 is 2.36 bits per heavy atom. The number of hydrogen-bond donors (Lipinski definition) is 2. The van der Waals surface area contributed by atoms with E-state index in [2.05, 4.69) is 14.4 Å². The predicted molar refractivity (Wildman–Crippen MR) is 46.6 cm³/mol. The minimum Gasteiger partial charge on any atom is -0.476 e. The Morgan fingerprint density at radius 1 is 1.64 bits per heavy atom. The quantitative estimate of drug-likeness (QED) is 0.734. The number of hydrogen-bond acceptors (Lipinski definition) is 4. The summed E-state index contributed by atoms with van der Waals surface area (Å²) in [4.78, 5) is 27.3. The van der Waals surface area contributed by atoms with Crippen molar-refractivity contribution in [2.75, 3.05) is 0 Å². The summed E-state index contributed by atoms with van der Waals surface area (Å²) in [5, 5.41) is 8.84. The maximum absolute atomic E-state index is 10.8. The van der Waals surface area contributed by atoms with Gasteiger partial charge in [0.25, 0.3) is 0 Å². The molecule has 0 bridgehead atoms. The van der Waals surface area contributed by atoms with Gasteiger partial charge < -0.3 is 9.52 Å². The molecule has 0 aliphatic rings. The third-order valence-corrected chi connectivity index (χ3v) is 1.90. The fourth-order valence-corrected chi connectivity index (χ4v) is 1.24. The highest BCUT2D eigenvalue weighted by Crippen LogP contribution is 2.21. The monoisotopic (exact) mass is 214 g/mol. The molecule has 2 aromatic rings. The van der Waals surface area contributed by atoms with Gasteiger partial charge in [-0.1, -0.05) is 11.6 Å². The molecule has 2 rings (SSSR count). The normalized spacial score (nSPS) is 10.6. The van der Waals surface area contributed by atoms with E-state index >= 15 is 0 Å². The first-order valence-electron chi connectivity index (χ1n) is 3.50. The van der Waals surface area contributed by atoms with Crippen molar-refractivity contribution in [3.63, 3.8) is 0 Å². The van der Waals surface area contributed by atoms with Crippen LogP contribution in [-0.4, -0.2) is 21.0 Å². The molecule has 14 heavy (non-hydrogen) atoms. The Kier molecular flexibility index (Phi) is 1.78. The van der Waals surface area contributed by atoms with Crippen LogP contribution in [0, 0.1) is 0 Å². The lowest BCUT2D eigenvalue weighted by molar-refractivity contribution is 0.0691. The Morgan fingerprint density at radius 3 is 3.00 bits per heavy atom. The summed E-state index contributed by atoms with van der Waals surface area (Å²) in [7, 11) is 0. The molecule has 0 spiro atoms. The van der Waals surface area contributed by atoms with E-state index in [1.165, 1.54) is 0 Å². The first-order chi connectivity index (χ1) is 6.59. The molecule has 72 valence electrons. The number of halogens is 1. The van der Waals surface area contributed by atoms with E-state index in [0.29, 0.717) is 0 Å². The van der Waals surface area contributed by atoms with E-state index in [9.17, 15) is 9.59 Å². The van der Waals surface area contributed by atoms with Gasteiger partial charge in [0, 0.05) is 6.20 Å². The number of nitrogens with one attached hydrogen (secondary N) is 1. The number of nitrogens with zero attached hydrogens (tertiary/aromatic N) is 1. The number of aromatic carboxylic acids is 1. The number of aromatic nitrogens is 2. The summed E-state index contributed by atoms with van der Waals surface area (Å²) in [6.07, 6.45) is 1.14. The third kappa shape index (κ3) is 1.16. The van der Waals surface area contributed by atoms with Gasteiger partial charge in [0.2, 0.25) is 0 Å². The molecule has 7 heteroatoms. The lowest BCUT2D eigenvalue weighted by atomic mass is 10.3. The van der Waals surface area contributed by atoms with Crippen LogP contribution in [0.5, 0.6) is 0 Å². The van der Waals surface area contributed by atoms with Crippen molar-refractivity contribution in [3.05, 3.63) is 27.5 Å². The van der Waals surface area contributed by atoms with Crippen LogP contribution >= 0.6 is 11.6 Å². The smallest absolute Gasteiger partial charge is 0.417 e.